The Kier molecular flexibility index (Phi) is 5.42. The van der Waals surface area contributed by atoms with E-state index >= 15 is 0 Å². The molecule has 0 radical (unpaired) electrons. The van der Waals surface area contributed by atoms with Gasteiger partial charge in [-0.3, -0.25) is 9.59 Å². The highest BCUT2D eigenvalue weighted by atomic mass is 19.3. The highest BCUT2D eigenvalue weighted by molar-refractivity contribution is 5.93. The van der Waals surface area contributed by atoms with Crippen molar-refractivity contribution in [1.29, 1.82) is 0 Å². The van der Waals surface area contributed by atoms with E-state index in [1.54, 1.807) is 12.3 Å². The molecule has 1 fully saturated rings. The van der Waals surface area contributed by atoms with Crippen molar-refractivity contribution >= 4 is 5.91 Å². The molecule has 0 atom stereocenters. The van der Waals surface area contributed by atoms with Gasteiger partial charge in [0.1, 0.15) is 5.56 Å². The summed E-state index contributed by atoms with van der Waals surface area (Å²) < 4.78 is 27.8. The summed E-state index contributed by atoms with van der Waals surface area (Å²) in [5.41, 5.74) is -1.75. The number of amides is 1. The fraction of sp³-hybridized carbons (Fsp3) is 0.647. The Hall–Kier alpha value is -1.76. The lowest BCUT2D eigenvalue weighted by Crippen LogP contribution is -2.48. The van der Waals surface area contributed by atoms with Crippen molar-refractivity contribution < 1.29 is 18.7 Å². The third-order valence-electron chi connectivity index (χ3n) is 4.32. The second kappa shape index (κ2) is 7.01. The second-order valence-electron chi connectivity index (χ2n) is 7.04. The van der Waals surface area contributed by atoms with Crippen molar-refractivity contribution in [2.75, 3.05) is 6.54 Å². The van der Waals surface area contributed by atoms with Crippen LogP contribution in [0.25, 0.3) is 0 Å². The number of halogens is 2. The Labute approximate surface area is 139 Å². The minimum Gasteiger partial charge on any atom is -0.388 e. The number of nitrogens with zero attached hydrogens (tertiary/aromatic N) is 1. The van der Waals surface area contributed by atoms with Gasteiger partial charge in [0.25, 0.3) is 11.5 Å². The third kappa shape index (κ3) is 4.63. The van der Waals surface area contributed by atoms with Crippen LogP contribution >= 0.6 is 0 Å². The maximum atomic E-state index is 13.2. The summed E-state index contributed by atoms with van der Waals surface area (Å²) >= 11 is 0. The lowest BCUT2D eigenvalue weighted by molar-refractivity contribution is -0.101. The quantitative estimate of drug-likeness (QED) is 0.861. The topological polar surface area (TPSA) is 71.3 Å². The number of nitrogens with one attached hydrogen (secondary N) is 1. The van der Waals surface area contributed by atoms with Gasteiger partial charge in [-0.1, -0.05) is 13.8 Å². The number of aromatic nitrogens is 1. The minimum absolute atomic E-state index is 0.0112. The number of carbonyl (C=O) groups is 1. The molecule has 1 saturated carbocycles. The summed E-state index contributed by atoms with van der Waals surface area (Å²) in [6.45, 7) is 4.29. The number of hydrogen-bond acceptors (Lipinski definition) is 3. The summed E-state index contributed by atoms with van der Waals surface area (Å²) in [5.74, 6) is -3.09. The van der Waals surface area contributed by atoms with Crippen LogP contribution in [-0.4, -0.2) is 33.6 Å². The summed E-state index contributed by atoms with van der Waals surface area (Å²) in [5, 5.41) is 12.8. The predicted molar refractivity (Wildman–Crippen MR) is 86.2 cm³/mol. The largest absolute Gasteiger partial charge is 0.388 e. The van der Waals surface area contributed by atoms with Crippen molar-refractivity contribution in [3.63, 3.8) is 0 Å². The molecule has 2 rings (SSSR count). The van der Waals surface area contributed by atoms with E-state index in [2.05, 4.69) is 5.32 Å². The van der Waals surface area contributed by atoms with Crippen molar-refractivity contribution in [2.45, 2.75) is 57.6 Å². The molecule has 7 heteroatoms. The van der Waals surface area contributed by atoms with E-state index in [4.69, 9.17) is 0 Å². The smallest absolute Gasteiger partial charge is 0.263 e. The number of hydrogen-bond donors (Lipinski definition) is 2. The molecule has 2 N–H and O–H groups in total. The summed E-state index contributed by atoms with van der Waals surface area (Å²) in [4.78, 5) is 24.5. The molecule has 1 aromatic rings. The van der Waals surface area contributed by atoms with Gasteiger partial charge in [0, 0.05) is 32.1 Å². The number of alkyl halides is 2. The Bertz CT molecular complexity index is 645. The highest BCUT2D eigenvalue weighted by Gasteiger charge is 2.42. The van der Waals surface area contributed by atoms with E-state index in [9.17, 15) is 23.5 Å². The van der Waals surface area contributed by atoms with E-state index in [1.807, 2.05) is 13.8 Å². The zero-order chi connectivity index (χ0) is 18.0. The molecule has 1 amide bonds. The van der Waals surface area contributed by atoms with Crippen molar-refractivity contribution in [2.24, 2.45) is 5.92 Å². The Morgan fingerprint density at radius 2 is 1.96 bits per heavy atom. The number of aliphatic hydroxyl groups is 1. The van der Waals surface area contributed by atoms with E-state index in [0.717, 1.165) is 0 Å². The van der Waals surface area contributed by atoms with Gasteiger partial charge in [-0.05, 0) is 30.9 Å². The maximum absolute atomic E-state index is 13.2. The molecule has 24 heavy (non-hydrogen) atoms. The first-order valence-electron chi connectivity index (χ1n) is 8.20. The van der Waals surface area contributed by atoms with Gasteiger partial charge < -0.3 is 15.0 Å². The van der Waals surface area contributed by atoms with Crippen molar-refractivity contribution in [1.82, 2.24) is 9.88 Å². The molecular formula is C17H24F2N2O3. The van der Waals surface area contributed by atoms with E-state index in [-0.39, 0.29) is 30.9 Å². The van der Waals surface area contributed by atoms with Crippen LogP contribution in [0.15, 0.2) is 23.1 Å². The number of rotatable bonds is 5. The minimum atomic E-state index is -2.75. The number of pyridine rings is 1. The lowest BCUT2D eigenvalue weighted by atomic mass is 9.82. The Balaban J connectivity index is 2.02. The standard InChI is InChI=1S/C17H24F2N2O3/c1-12(2)10-21-9-3-4-13(15(21)23)14(22)20-11-16(24)5-7-17(18,19)8-6-16/h3-4,9,12,24H,5-8,10-11H2,1-2H3,(H,20,22). The average Bonchev–Trinajstić information content (AvgIpc) is 2.50. The number of carbonyl (C=O) groups excluding carboxylic acids is 1. The average molecular weight is 342 g/mol. The van der Waals surface area contributed by atoms with Crippen LogP contribution in [0.4, 0.5) is 8.78 Å². The first kappa shape index (κ1) is 18.6. The summed E-state index contributed by atoms with van der Waals surface area (Å²) in [6.07, 6.45) is 0.674. The van der Waals surface area contributed by atoms with Gasteiger partial charge in [0.2, 0.25) is 5.92 Å². The van der Waals surface area contributed by atoms with Gasteiger partial charge in [-0.2, -0.15) is 0 Å². The van der Waals surface area contributed by atoms with Gasteiger partial charge in [0.05, 0.1) is 5.60 Å². The summed E-state index contributed by atoms with van der Waals surface area (Å²) in [6, 6.07) is 3.04. The maximum Gasteiger partial charge on any atom is 0.263 e. The molecule has 5 nitrogen and oxygen atoms in total. The molecule has 0 unspecified atom stereocenters. The van der Waals surface area contributed by atoms with Gasteiger partial charge in [-0.15, -0.1) is 0 Å². The molecule has 0 saturated heterocycles. The molecular weight excluding hydrogens is 318 g/mol. The van der Waals surface area contributed by atoms with Crippen LogP contribution in [0.1, 0.15) is 49.9 Å². The van der Waals surface area contributed by atoms with Crippen LogP contribution in [-0.2, 0) is 6.54 Å². The summed E-state index contributed by atoms with van der Waals surface area (Å²) in [7, 11) is 0. The molecule has 1 aliphatic rings. The second-order valence-corrected chi connectivity index (χ2v) is 7.04. The first-order valence-corrected chi connectivity index (χ1v) is 8.20. The van der Waals surface area contributed by atoms with Gasteiger partial charge in [-0.25, -0.2) is 8.78 Å². The zero-order valence-corrected chi connectivity index (χ0v) is 14.0. The SMILES string of the molecule is CC(C)Cn1cccc(C(=O)NCC2(O)CCC(F)(F)CC2)c1=O. The van der Waals surface area contributed by atoms with Crippen LogP contribution in [0.3, 0.4) is 0 Å². The van der Waals surface area contributed by atoms with Crippen LogP contribution in [0, 0.1) is 5.92 Å². The molecule has 1 heterocycles. The molecule has 1 aromatic heterocycles. The van der Waals surface area contributed by atoms with Crippen LogP contribution < -0.4 is 10.9 Å². The first-order chi connectivity index (χ1) is 11.1. The van der Waals surface area contributed by atoms with Crippen molar-refractivity contribution in [3.05, 3.63) is 34.2 Å². The highest BCUT2D eigenvalue weighted by Crippen LogP contribution is 2.38. The Morgan fingerprint density at radius 1 is 1.33 bits per heavy atom. The molecule has 0 aliphatic heterocycles. The van der Waals surface area contributed by atoms with Crippen molar-refractivity contribution in [3.8, 4) is 0 Å². The fourth-order valence-electron chi connectivity index (χ4n) is 2.84. The molecule has 0 bridgehead atoms. The third-order valence-corrected chi connectivity index (χ3v) is 4.32. The molecule has 134 valence electrons. The molecule has 1 aliphatic carbocycles. The van der Waals surface area contributed by atoms with E-state index < -0.39 is 35.8 Å². The lowest BCUT2D eigenvalue weighted by Gasteiger charge is -2.35. The predicted octanol–water partition coefficient (Wildman–Crippen LogP) is 2.17. The normalized spacial score (nSPS) is 19.2. The Morgan fingerprint density at radius 3 is 2.54 bits per heavy atom. The zero-order valence-electron chi connectivity index (χ0n) is 14.0. The van der Waals surface area contributed by atoms with Crippen LogP contribution in [0.2, 0.25) is 0 Å². The van der Waals surface area contributed by atoms with Gasteiger partial charge >= 0.3 is 0 Å². The molecule has 0 spiro atoms. The fourth-order valence-corrected chi connectivity index (χ4v) is 2.84. The van der Waals surface area contributed by atoms with Crippen LogP contribution in [0.5, 0.6) is 0 Å². The van der Waals surface area contributed by atoms with E-state index in [1.165, 1.54) is 10.6 Å². The monoisotopic (exact) mass is 342 g/mol. The molecule has 0 aromatic carbocycles. The van der Waals surface area contributed by atoms with Gasteiger partial charge in [0.15, 0.2) is 0 Å². The van der Waals surface area contributed by atoms with E-state index in [0.29, 0.717) is 6.54 Å².